The SMILES string of the molecule is N=C1CCC(SC(N)/N=C(\N)C(=O)O)CC1. The zero-order valence-electron chi connectivity index (χ0n) is 8.85. The van der Waals surface area contributed by atoms with Crippen LogP contribution in [0.1, 0.15) is 25.7 Å². The number of nitrogens with zero attached hydrogens (tertiary/aromatic N) is 1. The fraction of sp³-hybridized carbons (Fsp3) is 0.667. The Balaban J connectivity index is 2.40. The topological polar surface area (TPSA) is 126 Å². The summed E-state index contributed by atoms with van der Waals surface area (Å²) in [5.41, 5.74) is 11.0. The Kier molecular flexibility index (Phi) is 4.75. The van der Waals surface area contributed by atoms with E-state index in [1.807, 2.05) is 0 Å². The van der Waals surface area contributed by atoms with Crippen molar-refractivity contribution in [3.63, 3.8) is 0 Å². The fourth-order valence-corrected chi connectivity index (χ4v) is 2.57. The minimum absolute atomic E-state index is 0.342. The summed E-state index contributed by atoms with van der Waals surface area (Å²) in [5.74, 6) is -1.70. The van der Waals surface area contributed by atoms with E-state index in [0.717, 1.165) is 31.4 Å². The van der Waals surface area contributed by atoms with Gasteiger partial charge in [0.25, 0.3) is 0 Å². The summed E-state index contributed by atoms with van der Waals surface area (Å²) in [6.07, 6.45) is 3.39. The number of carboxylic acids is 1. The molecule has 0 amide bonds. The number of hydrogen-bond acceptors (Lipinski definition) is 5. The molecule has 0 heterocycles. The van der Waals surface area contributed by atoms with E-state index in [2.05, 4.69) is 4.99 Å². The first kappa shape index (κ1) is 13.0. The van der Waals surface area contributed by atoms with Crippen molar-refractivity contribution in [1.82, 2.24) is 0 Å². The number of rotatable bonds is 3. The molecular formula is C9H16N4O2S. The molecule has 0 aromatic heterocycles. The molecular weight excluding hydrogens is 228 g/mol. The van der Waals surface area contributed by atoms with Crippen molar-refractivity contribution in [2.45, 2.75) is 36.4 Å². The van der Waals surface area contributed by atoms with E-state index in [1.165, 1.54) is 11.8 Å². The maximum atomic E-state index is 10.4. The third-order valence-corrected chi connectivity index (χ3v) is 3.59. The maximum absolute atomic E-state index is 10.4. The third-order valence-electron chi connectivity index (χ3n) is 2.35. The van der Waals surface area contributed by atoms with Crippen molar-refractivity contribution in [1.29, 1.82) is 5.41 Å². The molecule has 0 saturated heterocycles. The summed E-state index contributed by atoms with van der Waals surface area (Å²) in [4.78, 5) is 14.1. The summed E-state index contributed by atoms with van der Waals surface area (Å²) in [6, 6.07) is 0. The van der Waals surface area contributed by atoms with Gasteiger partial charge in [-0.25, -0.2) is 9.79 Å². The molecule has 0 radical (unpaired) electrons. The van der Waals surface area contributed by atoms with Crippen molar-refractivity contribution in [3.8, 4) is 0 Å². The van der Waals surface area contributed by atoms with Crippen LogP contribution in [0.25, 0.3) is 0 Å². The van der Waals surface area contributed by atoms with E-state index in [0.29, 0.717) is 5.25 Å². The summed E-state index contributed by atoms with van der Waals surface area (Å²) >= 11 is 1.42. The van der Waals surface area contributed by atoms with Gasteiger partial charge in [-0.05, 0) is 25.7 Å². The van der Waals surface area contributed by atoms with Crippen LogP contribution in [0.5, 0.6) is 0 Å². The van der Waals surface area contributed by atoms with Gasteiger partial charge in [0.15, 0.2) is 0 Å². The van der Waals surface area contributed by atoms with Gasteiger partial charge in [-0.1, -0.05) is 0 Å². The highest BCUT2D eigenvalue weighted by molar-refractivity contribution is 8.00. The van der Waals surface area contributed by atoms with E-state index >= 15 is 0 Å². The van der Waals surface area contributed by atoms with E-state index in [-0.39, 0.29) is 0 Å². The number of hydrogen-bond donors (Lipinski definition) is 4. The highest BCUT2D eigenvalue weighted by atomic mass is 32.2. The van der Waals surface area contributed by atoms with E-state index in [1.54, 1.807) is 0 Å². The molecule has 16 heavy (non-hydrogen) atoms. The monoisotopic (exact) mass is 244 g/mol. The quantitative estimate of drug-likeness (QED) is 0.324. The smallest absolute Gasteiger partial charge is 0.371 e. The van der Waals surface area contributed by atoms with Crippen molar-refractivity contribution in [2.24, 2.45) is 16.5 Å². The molecule has 1 atom stereocenters. The Morgan fingerprint density at radius 2 is 2.12 bits per heavy atom. The zero-order chi connectivity index (χ0) is 12.1. The lowest BCUT2D eigenvalue weighted by molar-refractivity contribution is -0.129. The third kappa shape index (κ3) is 4.19. The van der Waals surface area contributed by atoms with Crippen LogP contribution in [0.3, 0.4) is 0 Å². The van der Waals surface area contributed by atoms with Crippen LogP contribution in [0.15, 0.2) is 4.99 Å². The van der Waals surface area contributed by atoms with E-state index in [4.69, 9.17) is 22.0 Å². The Bertz CT molecular complexity index is 309. The van der Waals surface area contributed by atoms with Crippen molar-refractivity contribution < 1.29 is 9.90 Å². The van der Waals surface area contributed by atoms with Gasteiger partial charge in [0.2, 0.25) is 5.84 Å². The van der Waals surface area contributed by atoms with E-state index in [9.17, 15) is 4.79 Å². The molecule has 0 bridgehead atoms. The number of nitrogens with two attached hydrogens (primary N) is 2. The van der Waals surface area contributed by atoms with Crippen LogP contribution < -0.4 is 11.5 Å². The molecule has 90 valence electrons. The Morgan fingerprint density at radius 3 is 2.62 bits per heavy atom. The van der Waals surface area contributed by atoms with Crippen LogP contribution in [-0.2, 0) is 4.79 Å². The van der Waals surface area contributed by atoms with Gasteiger partial charge >= 0.3 is 5.97 Å². The molecule has 1 fully saturated rings. The first-order valence-corrected chi connectivity index (χ1v) is 5.97. The van der Waals surface area contributed by atoms with Gasteiger partial charge in [0.05, 0.1) is 0 Å². The predicted octanol–water partition coefficient (Wildman–Crippen LogP) is 0.366. The number of amidine groups is 1. The number of aliphatic carboxylic acids is 1. The summed E-state index contributed by atoms with van der Waals surface area (Å²) in [6.45, 7) is 0. The van der Waals surface area contributed by atoms with Crippen molar-refractivity contribution >= 4 is 29.3 Å². The lowest BCUT2D eigenvalue weighted by Crippen LogP contribution is -2.29. The lowest BCUT2D eigenvalue weighted by Gasteiger charge is -2.23. The fourth-order valence-electron chi connectivity index (χ4n) is 1.50. The van der Waals surface area contributed by atoms with E-state index < -0.39 is 17.3 Å². The highest BCUT2D eigenvalue weighted by Gasteiger charge is 2.20. The van der Waals surface area contributed by atoms with Crippen LogP contribution >= 0.6 is 11.8 Å². The second-order valence-electron chi connectivity index (χ2n) is 3.65. The van der Waals surface area contributed by atoms with Gasteiger partial charge in [-0.3, -0.25) is 0 Å². The average molecular weight is 244 g/mol. The van der Waals surface area contributed by atoms with Crippen LogP contribution in [0, 0.1) is 5.41 Å². The Morgan fingerprint density at radius 1 is 1.56 bits per heavy atom. The summed E-state index contributed by atoms with van der Waals surface area (Å²) < 4.78 is 0. The molecule has 1 unspecified atom stereocenters. The normalized spacial score (nSPS) is 24.2. The molecule has 1 aliphatic rings. The van der Waals surface area contributed by atoms with Gasteiger partial charge in [0.1, 0.15) is 5.50 Å². The average Bonchev–Trinajstić information content (AvgIpc) is 2.21. The minimum atomic E-state index is -1.25. The minimum Gasteiger partial charge on any atom is -0.475 e. The van der Waals surface area contributed by atoms with Gasteiger partial charge in [0, 0.05) is 11.0 Å². The molecule has 1 aliphatic carbocycles. The van der Waals surface area contributed by atoms with Crippen molar-refractivity contribution in [2.75, 3.05) is 0 Å². The summed E-state index contributed by atoms with van der Waals surface area (Å²) in [5, 5.41) is 16.3. The first-order valence-electron chi connectivity index (χ1n) is 5.03. The number of carboxylic acid groups (broad SMARTS) is 1. The van der Waals surface area contributed by atoms with Gasteiger partial charge in [-0.2, -0.15) is 0 Å². The Labute approximate surface area is 98.0 Å². The maximum Gasteiger partial charge on any atom is 0.371 e. The molecule has 1 rings (SSSR count). The van der Waals surface area contributed by atoms with Crippen LogP contribution in [0.2, 0.25) is 0 Å². The molecule has 6 N–H and O–H groups in total. The predicted molar refractivity (Wildman–Crippen MR) is 64.8 cm³/mol. The first-order chi connectivity index (χ1) is 7.49. The molecule has 7 heteroatoms. The molecule has 0 aliphatic heterocycles. The lowest BCUT2D eigenvalue weighted by atomic mass is 9.98. The molecule has 0 spiro atoms. The molecule has 6 nitrogen and oxygen atoms in total. The molecule has 0 aromatic rings. The number of aliphatic imine (C=N–C) groups is 1. The van der Waals surface area contributed by atoms with Gasteiger partial charge in [-0.15, -0.1) is 11.8 Å². The second kappa shape index (κ2) is 5.86. The van der Waals surface area contributed by atoms with Crippen LogP contribution in [0.4, 0.5) is 0 Å². The van der Waals surface area contributed by atoms with Crippen LogP contribution in [-0.4, -0.2) is 33.4 Å². The van der Waals surface area contributed by atoms with Gasteiger partial charge < -0.3 is 22.0 Å². The number of carbonyl (C=O) groups is 1. The highest BCUT2D eigenvalue weighted by Crippen LogP contribution is 2.28. The Hall–Kier alpha value is -1.08. The standard InChI is InChI=1S/C9H16N4O2S/c10-5-1-3-6(4-2-5)16-9(12)13-7(11)8(14)15/h6,9-10H,1-4,12H2,(H2,11,13)(H,14,15). The summed E-state index contributed by atoms with van der Waals surface area (Å²) in [7, 11) is 0. The molecule has 0 aromatic carbocycles. The number of nitrogens with one attached hydrogen (secondary N) is 1. The second-order valence-corrected chi connectivity index (χ2v) is 5.07. The largest absolute Gasteiger partial charge is 0.475 e. The number of thioether (sulfide) groups is 1. The molecule has 1 saturated carbocycles. The van der Waals surface area contributed by atoms with Crippen molar-refractivity contribution in [3.05, 3.63) is 0 Å². The zero-order valence-corrected chi connectivity index (χ0v) is 9.67.